The summed E-state index contributed by atoms with van der Waals surface area (Å²) < 4.78 is 19.6. The van der Waals surface area contributed by atoms with Crippen LogP contribution in [-0.2, 0) is 11.2 Å². The minimum atomic E-state index is -1.04. The second-order valence-electron chi connectivity index (χ2n) is 3.64. The van der Waals surface area contributed by atoms with Crippen molar-refractivity contribution in [3.8, 4) is 5.75 Å². The Labute approximate surface area is 113 Å². The van der Waals surface area contributed by atoms with Gasteiger partial charge in [-0.3, -0.25) is 0 Å². The van der Waals surface area contributed by atoms with Crippen LogP contribution in [0.3, 0.4) is 0 Å². The Morgan fingerprint density at radius 3 is 2.88 bits per heavy atom. The Morgan fingerprint density at radius 1 is 1.59 bits per heavy atom. The maximum atomic E-state index is 13.4. The number of halogens is 2. The van der Waals surface area contributed by atoms with Gasteiger partial charge in [0.2, 0.25) is 0 Å². The van der Waals surface area contributed by atoms with Crippen LogP contribution >= 0.6 is 22.6 Å². The van der Waals surface area contributed by atoms with E-state index in [0.29, 0.717) is 17.7 Å². The number of benzene rings is 1. The van der Waals surface area contributed by atoms with Crippen molar-refractivity contribution in [2.45, 2.75) is 25.9 Å². The van der Waals surface area contributed by atoms with E-state index in [-0.39, 0.29) is 5.82 Å². The van der Waals surface area contributed by atoms with Gasteiger partial charge in [0.1, 0.15) is 11.6 Å². The molecule has 0 aromatic heterocycles. The fourth-order valence-corrected chi connectivity index (χ4v) is 1.71. The molecular weight excluding hydrogens is 338 g/mol. The van der Waals surface area contributed by atoms with E-state index in [1.165, 1.54) is 19.1 Å². The summed E-state index contributed by atoms with van der Waals surface area (Å²) in [6.07, 6.45) is 0.584. The zero-order valence-electron chi connectivity index (χ0n) is 9.45. The zero-order chi connectivity index (χ0) is 12.8. The van der Waals surface area contributed by atoms with Gasteiger partial charge in [-0.1, -0.05) is 22.6 Å². The van der Waals surface area contributed by atoms with Crippen molar-refractivity contribution in [1.29, 1.82) is 0 Å². The highest BCUT2D eigenvalue weighted by Crippen LogP contribution is 2.19. The van der Waals surface area contributed by atoms with Crippen molar-refractivity contribution in [2.24, 2.45) is 0 Å². The average Bonchev–Trinajstić information content (AvgIpc) is 2.29. The van der Waals surface area contributed by atoms with Crippen LogP contribution in [0.2, 0.25) is 0 Å². The molecule has 0 radical (unpaired) electrons. The molecule has 1 rings (SSSR count). The van der Waals surface area contributed by atoms with Gasteiger partial charge in [0.25, 0.3) is 0 Å². The van der Waals surface area contributed by atoms with Crippen molar-refractivity contribution in [3.05, 3.63) is 29.6 Å². The summed E-state index contributed by atoms with van der Waals surface area (Å²) in [4.78, 5) is 10.6. The molecule has 1 aromatic rings. The second-order valence-corrected chi connectivity index (χ2v) is 4.72. The zero-order valence-corrected chi connectivity index (χ0v) is 11.6. The molecule has 5 heteroatoms. The maximum Gasteiger partial charge on any atom is 0.344 e. The number of ether oxygens (including phenoxy) is 1. The number of hydrogen-bond donors (Lipinski definition) is 1. The molecule has 0 aliphatic heterocycles. The third kappa shape index (κ3) is 4.49. The number of alkyl halides is 1. The van der Waals surface area contributed by atoms with Crippen LogP contribution in [0, 0.1) is 5.82 Å². The topological polar surface area (TPSA) is 46.5 Å². The first-order valence-corrected chi connectivity index (χ1v) is 6.81. The molecule has 94 valence electrons. The van der Waals surface area contributed by atoms with E-state index in [1.807, 2.05) is 0 Å². The van der Waals surface area contributed by atoms with Gasteiger partial charge in [-0.25, -0.2) is 9.18 Å². The fraction of sp³-hybridized carbons (Fsp3) is 0.417. The van der Waals surface area contributed by atoms with Crippen LogP contribution in [0.5, 0.6) is 5.75 Å². The van der Waals surface area contributed by atoms with E-state index in [9.17, 15) is 9.18 Å². The smallest absolute Gasteiger partial charge is 0.344 e. The minimum Gasteiger partial charge on any atom is -0.479 e. The molecule has 3 nitrogen and oxygen atoms in total. The van der Waals surface area contributed by atoms with E-state index in [4.69, 9.17) is 9.84 Å². The van der Waals surface area contributed by atoms with E-state index >= 15 is 0 Å². The summed E-state index contributed by atoms with van der Waals surface area (Å²) in [5.41, 5.74) is 0.566. The van der Waals surface area contributed by atoms with E-state index in [0.717, 1.165) is 10.8 Å². The normalized spacial score (nSPS) is 12.2. The van der Waals surface area contributed by atoms with Gasteiger partial charge in [0.15, 0.2) is 6.10 Å². The predicted octanol–water partition coefficient (Wildman–Crippen LogP) is 3.05. The molecule has 0 heterocycles. The summed E-state index contributed by atoms with van der Waals surface area (Å²) in [5.74, 6) is -0.918. The lowest BCUT2D eigenvalue weighted by Crippen LogP contribution is -2.22. The SMILES string of the molecule is C[C@H](Oc1ccc(F)c(CCCI)c1)C(=O)O. The Balaban J connectivity index is 2.77. The van der Waals surface area contributed by atoms with Crippen molar-refractivity contribution < 1.29 is 19.0 Å². The van der Waals surface area contributed by atoms with E-state index in [2.05, 4.69) is 22.6 Å². The number of aryl methyl sites for hydroxylation is 1. The van der Waals surface area contributed by atoms with Crippen molar-refractivity contribution >= 4 is 28.6 Å². The Kier molecular flexibility index (Phi) is 5.67. The van der Waals surface area contributed by atoms with Crippen molar-refractivity contribution in [2.75, 3.05) is 4.43 Å². The van der Waals surface area contributed by atoms with Crippen LogP contribution in [0.4, 0.5) is 4.39 Å². The van der Waals surface area contributed by atoms with Crippen LogP contribution in [0.25, 0.3) is 0 Å². The lowest BCUT2D eigenvalue weighted by atomic mass is 10.1. The average molecular weight is 352 g/mol. The molecule has 17 heavy (non-hydrogen) atoms. The number of carbonyl (C=O) groups is 1. The Hall–Kier alpha value is -0.850. The number of rotatable bonds is 6. The van der Waals surface area contributed by atoms with Gasteiger partial charge in [0.05, 0.1) is 0 Å². The molecule has 0 saturated carbocycles. The molecule has 0 saturated heterocycles. The number of aliphatic carboxylic acids is 1. The summed E-state index contributed by atoms with van der Waals surface area (Å²) in [6.45, 7) is 1.44. The highest BCUT2D eigenvalue weighted by Gasteiger charge is 2.13. The van der Waals surface area contributed by atoms with E-state index in [1.54, 1.807) is 6.07 Å². The molecule has 1 N–H and O–H groups in total. The molecule has 0 amide bonds. The highest BCUT2D eigenvalue weighted by molar-refractivity contribution is 14.1. The van der Waals surface area contributed by atoms with Crippen LogP contribution < -0.4 is 4.74 Å². The number of hydrogen-bond acceptors (Lipinski definition) is 2. The van der Waals surface area contributed by atoms with Gasteiger partial charge in [-0.2, -0.15) is 0 Å². The lowest BCUT2D eigenvalue weighted by Gasteiger charge is -2.11. The van der Waals surface area contributed by atoms with Crippen molar-refractivity contribution in [1.82, 2.24) is 0 Å². The molecule has 0 bridgehead atoms. The van der Waals surface area contributed by atoms with Crippen LogP contribution in [-0.4, -0.2) is 21.6 Å². The molecular formula is C12H14FIO3. The lowest BCUT2D eigenvalue weighted by molar-refractivity contribution is -0.144. The summed E-state index contributed by atoms with van der Waals surface area (Å²) in [5, 5.41) is 8.71. The van der Waals surface area contributed by atoms with Gasteiger partial charge in [-0.15, -0.1) is 0 Å². The molecule has 0 unspecified atom stereocenters. The summed E-state index contributed by atoms with van der Waals surface area (Å²) in [7, 11) is 0. The van der Waals surface area contributed by atoms with Crippen molar-refractivity contribution in [3.63, 3.8) is 0 Å². The summed E-state index contributed by atoms with van der Waals surface area (Å²) in [6, 6.07) is 4.33. The van der Waals surface area contributed by atoms with Gasteiger partial charge in [0, 0.05) is 0 Å². The van der Waals surface area contributed by atoms with E-state index < -0.39 is 12.1 Å². The minimum absolute atomic E-state index is 0.273. The third-order valence-electron chi connectivity index (χ3n) is 2.26. The Morgan fingerprint density at radius 2 is 2.29 bits per heavy atom. The first kappa shape index (κ1) is 14.2. The molecule has 1 aromatic carbocycles. The number of carboxylic acid groups (broad SMARTS) is 1. The molecule has 0 spiro atoms. The third-order valence-corrected chi connectivity index (χ3v) is 3.02. The quantitative estimate of drug-likeness (QED) is 0.632. The first-order chi connectivity index (χ1) is 8.04. The molecule has 0 fully saturated rings. The standard InChI is InChI=1S/C12H14FIO3/c1-8(12(15)16)17-10-4-5-11(13)9(7-10)3-2-6-14/h4-5,7-8H,2-3,6H2,1H3,(H,15,16)/t8-/m0/s1. The van der Waals surface area contributed by atoms with Gasteiger partial charge in [-0.05, 0) is 48.0 Å². The van der Waals surface area contributed by atoms with Gasteiger partial charge >= 0.3 is 5.97 Å². The fourth-order valence-electron chi connectivity index (χ4n) is 1.33. The van der Waals surface area contributed by atoms with Crippen LogP contribution in [0.15, 0.2) is 18.2 Å². The predicted molar refractivity (Wildman–Crippen MR) is 71.3 cm³/mol. The Bertz CT molecular complexity index is 395. The maximum absolute atomic E-state index is 13.4. The molecule has 0 aliphatic rings. The number of carboxylic acids is 1. The highest BCUT2D eigenvalue weighted by atomic mass is 127. The molecule has 0 aliphatic carbocycles. The van der Waals surface area contributed by atoms with Gasteiger partial charge < -0.3 is 9.84 Å². The summed E-state index contributed by atoms with van der Waals surface area (Å²) >= 11 is 2.23. The first-order valence-electron chi connectivity index (χ1n) is 5.28. The largest absolute Gasteiger partial charge is 0.479 e. The monoisotopic (exact) mass is 352 g/mol. The molecule has 1 atom stereocenters. The second kappa shape index (κ2) is 6.78. The van der Waals surface area contributed by atoms with Crippen LogP contribution in [0.1, 0.15) is 18.9 Å².